The predicted octanol–water partition coefficient (Wildman–Crippen LogP) is 5.20. The van der Waals surface area contributed by atoms with E-state index in [1.165, 1.54) is 18.4 Å². The molecule has 0 bridgehead atoms. The zero-order chi connectivity index (χ0) is 21.2. The van der Waals surface area contributed by atoms with Crippen molar-refractivity contribution in [1.82, 2.24) is 10.3 Å². The SMILES string of the molecule is Cc1c(F)cc(CNC(=O)c2csc(OC3=CC=C(C(F)(F)F)CC3)n2)cc1F. The van der Waals surface area contributed by atoms with Crippen molar-refractivity contribution in [2.45, 2.75) is 32.5 Å². The minimum Gasteiger partial charge on any atom is -0.435 e. The largest absolute Gasteiger partial charge is 0.435 e. The summed E-state index contributed by atoms with van der Waals surface area (Å²) in [5, 5.41) is 4.02. The number of rotatable bonds is 5. The summed E-state index contributed by atoms with van der Waals surface area (Å²) >= 11 is 1.01. The number of nitrogens with zero attached hydrogens (tertiary/aromatic N) is 1. The molecule has 10 heteroatoms. The number of hydrogen-bond acceptors (Lipinski definition) is 4. The van der Waals surface area contributed by atoms with Crippen LogP contribution in [0.3, 0.4) is 0 Å². The van der Waals surface area contributed by atoms with Crippen LogP contribution in [0.2, 0.25) is 0 Å². The Hall–Kier alpha value is -2.75. The first-order chi connectivity index (χ1) is 13.6. The molecule has 2 aromatic rings. The summed E-state index contributed by atoms with van der Waals surface area (Å²) in [4.78, 5) is 16.1. The van der Waals surface area contributed by atoms with Gasteiger partial charge in [0.2, 0.25) is 0 Å². The number of halogens is 5. The topological polar surface area (TPSA) is 51.2 Å². The Bertz CT molecular complexity index is 972. The van der Waals surface area contributed by atoms with Gasteiger partial charge >= 0.3 is 6.18 Å². The lowest BCUT2D eigenvalue weighted by Crippen LogP contribution is -2.23. The molecule has 0 radical (unpaired) electrons. The number of nitrogens with one attached hydrogen (secondary N) is 1. The molecule has 0 saturated carbocycles. The molecular formula is C19H15F5N2O2S. The lowest BCUT2D eigenvalue weighted by Gasteiger charge is -2.16. The third-order valence-electron chi connectivity index (χ3n) is 4.20. The summed E-state index contributed by atoms with van der Waals surface area (Å²) in [5.74, 6) is -1.68. The second-order valence-electron chi connectivity index (χ2n) is 6.29. The maximum atomic E-state index is 13.6. The number of aromatic nitrogens is 1. The van der Waals surface area contributed by atoms with E-state index in [0.29, 0.717) is 5.76 Å². The van der Waals surface area contributed by atoms with Gasteiger partial charge in [0.25, 0.3) is 11.1 Å². The fourth-order valence-corrected chi connectivity index (χ4v) is 3.21. The minimum absolute atomic E-state index is 0.0287. The first-order valence-electron chi connectivity index (χ1n) is 8.46. The zero-order valence-corrected chi connectivity index (χ0v) is 15.9. The molecule has 1 aromatic heterocycles. The second kappa shape index (κ2) is 8.32. The van der Waals surface area contributed by atoms with E-state index in [4.69, 9.17) is 4.74 Å². The van der Waals surface area contributed by atoms with Crippen molar-refractivity contribution >= 4 is 17.2 Å². The fourth-order valence-electron chi connectivity index (χ4n) is 2.53. The Morgan fingerprint density at radius 3 is 2.48 bits per heavy atom. The number of hydrogen-bond donors (Lipinski definition) is 1. The molecule has 1 aliphatic carbocycles. The van der Waals surface area contributed by atoms with E-state index in [0.717, 1.165) is 29.5 Å². The van der Waals surface area contributed by atoms with Crippen LogP contribution in [0, 0.1) is 18.6 Å². The Balaban J connectivity index is 1.59. The van der Waals surface area contributed by atoms with Gasteiger partial charge in [-0.1, -0.05) is 17.4 Å². The molecule has 0 fully saturated rings. The third kappa shape index (κ3) is 5.20. The quantitative estimate of drug-likeness (QED) is 0.663. The van der Waals surface area contributed by atoms with Crippen molar-refractivity contribution < 1.29 is 31.5 Å². The third-order valence-corrected chi connectivity index (χ3v) is 4.92. The highest BCUT2D eigenvalue weighted by Crippen LogP contribution is 2.33. The van der Waals surface area contributed by atoms with E-state index in [9.17, 15) is 26.7 Å². The molecule has 1 aliphatic rings. The first kappa shape index (κ1) is 21.0. The van der Waals surface area contributed by atoms with E-state index in [2.05, 4.69) is 10.3 Å². The number of carbonyl (C=O) groups is 1. The van der Waals surface area contributed by atoms with Crippen molar-refractivity contribution in [1.29, 1.82) is 0 Å². The van der Waals surface area contributed by atoms with Crippen molar-refractivity contribution in [2.24, 2.45) is 0 Å². The average molecular weight is 430 g/mol. The fraction of sp³-hybridized carbons (Fsp3) is 0.263. The normalized spacial score (nSPS) is 14.3. The van der Waals surface area contributed by atoms with Crippen LogP contribution in [0.4, 0.5) is 22.0 Å². The predicted molar refractivity (Wildman–Crippen MR) is 96.5 cm³/mol. The van der Waals surface area contributed by atoms with Gasteiger partial charge in [-0.05, 0) is 37.1 Å². The number of benzene rings is 1. The maximum absolute atomic E-state index is 13.6. The Morgan fingerprint density at radius 1 is 1.21 bits per heavy atom. The molecule has 1 N–H and O–H groups in total. The lowest BCUT2D eigenvalue weighted by molar-refractivity contribution is -0.0942. The summed E-state index contributed by atoms with van der Waals surface area (Å²) < 4.78 is 70.4. The highest BCUT2D eigenvalue weighted by molar-refractivity contribution is 7.11. The number of ether oxygens (including phenoxy) is 1. The Kier molecular flexibility index (Phi) is 6.02. The van der Waals surface area contributed by atoms with E-state index in [1.807, 2.05) is 0 Å². The zero-order valence-electron chi connectivity index (χ0n) is 15.1. The molecule has 154 valence electrons. The number of thiazole rings is 1. The molecule has 29 heavy (non-hydrogen) atoms. The van der Waals surface area contributed by atoms with Gasteiger partial charge < -0.3 is 10.1 Å². The standard InChI is InChI=1S/C19H15F5N2O2S/c1-10-14(20)6-11(7-15(10)21)8-25-17(27)16-9-29-18(26-16)28-13-4-2-12(3-5-13)19(22,23)24/h2,4,6-7,9H,3,5,8H2,1H3,(H,25,27). The monoisotopic (exact) mass is 430 g/mol. The van der Waals surface area contributed by atoms with Gasteiger partial charge in [0.1, 0.15) is 23.1 Å². The summed E-state index contributed by atoms with van der Waals surface area (Å²) in [6.45, 7) is 1.21. The van der Waals surface area contributed by atoms with Crippen LogP contribution in [-0.2, 0) is 6.54 Å². The molecule has 0 saturated heterocycles. The van der Waals surface area contributed by atoms with Crippen LogP contribution in [0.5, 0.6) is 5.19 Å². The number of amides is 1. The molecule has 0 aliphatic heterocycles. The molecular weight excluding hydrogens is 415 g/mol. The summed E-state index contributed by atoms with van der Waals surface area (Å²) in [5.41, 5.74) is -0.449. The summed E-state index contributed by atoms with van der Waals surface area (Å²) in [6, 6.07) is 2.26. The van der Waals surface area contributed by atoms with Crippen molar-refractivity contribution in [3.05, 3.63) is 69.5 Å². The Labute approximate surface area is 166 Å². The van der Waals surface area contributed by atoms with Crippen molar-refractivity contribution in [3.8, 4) is 5.19 Å². The van der Waals surface area contributed by atoms with Crippen LogP contribution in [-0.4, -0.2) is 17.1 Å². The summed E-state index contributed by atoms with van der Waals surface area (Å²) in [7, 11) is 0. The van der Waals surface area contributed by atoms with Crippen LogP contribution >= 0.6 is 11.3 Å². The van der Waals surface area contributed by atoms with Gasteiger partial charge in [-0.15, -0.1) is 0 Å². The smallest absolute Gasteiger partial charge is 0.412 e. The Morgan fingerprint density at radius 2 is 1.90 bits per heavy atom. The second-order valence-corrected chi connectivity index (χ2v) is 7.11. The molecule has 1 aromatic carbocycles. The van der Waals surface area contributed by atoms with Crippen molar-refractivity contribution in [3.63, 3.8) is 0 Å². The van der Waals surface area contributed by atoms with Crippen LogP contribution < -0.4 is 10.1 Å². The summed E-state index contributed by atoms with van der Waals surface area (Å²) in [6.07, 6.45) is -2.31. The molecule has 0 spiro atoms. The lowest BCUT2D eigenvalue weighted by atomic mass is 10.0. The van der Waals surface area contributed by atoms with Crippen LogP contribution in [0.15, 0.2) is 41.0 Å². The van der Waals surface area contributed by atoms with Gasteiger partial charge in [0, 0.05) is 29.5 Å². The van der Waals surface area contributed by atoms with Gasteiger partial charge in [0.05, 0.1) is 0 Å². The van der Waals surface area contributed by atoms with Crippen LogP contribution in [0.25, 0.3) is 0 Å². The maximum Gasteiger partial charge on any atom is 0.412 e. The molecule has 1 heterocycles. The number of carbonyl (C=O) groups excluding carboxylic acids is 1. The highest BCUT2D eigenvalue weighted by atomic mass is 32.1. The highest BCUT2D eigenvalue weighted by Gasteiger charge is 2.34. The van der Waals surface area contributed by atoms with E-state index >= 15 is 0 Å². The van der Waals surface area contributed by atoms with Crippen LogP contribution in [0.1, 0.15) is 34.5 Å². The average Bonchev–Trinajstić information content (AvgIpc) is 3.12. The minimum atomic E-state index is -4.36. The van der Waals surface area contributed by atoms with Gasteiger partial charge in [-0.25, -0.2) is 8.78 Å². The van der Waals surface area contributed by atoms with E-state index < -0.39 is 29.3 Å². The molecule has 0 unspecified atom stereocenters. The number of allylic oxidation sites excluding steroid dienone is 4. The van der Waals surface area contributed by atoms with Gasteiger partial charge in [-0.2, -0.15) is 18.2 Å². The van der Waals surface area contributed by atoms with E-state index in [1.54, 1.807) is 0 Å². The molecule has 3 rings (SSSR count). The van der Waals surface area contributed by atoms with E-state index in [-0.39, 0.29) is 41.4 Å². The molecule has 4 nitrogen and oxygen atoms in total. The van der Waals surface area contributed by atoms with Gasteiger partial charge in [-0.3, -0.25) is 4.79 Å². The first-order valence-corrected chi connectivity index (χ1v) is 9.34. The van der Waals surface area contributed by atoms with Crippen molar-refractivity contribution in [2.75, 3.05) is 0 Å². The number of alkyl halides is 3. The van der Waals surface area contributed by atoms with Gasteiger partial charge in [0.15, 0.2) is 0 Å². The molecule has 0 atom stereocenters. The molecule has 1 amide bonds.